The van der Waals surface area contributed by atoms with Gasteiger partial charge in [-0.1, -0.05) is 0 Å². The summed E-state index contributed by atoms with van der Waals surface area (Å²) in [6, 6.07) is 0.495. The Balaban J connectivity index is 1.74. The van der Waals surface area contributed by atoms with Crippen LogP contribution in [0.2, 0.25) is 0 Å². The highest BCUT2D eigenvalue weighted by Crippen LogP contribution is 2.33. The van der Waals surface area contributed by atoms with Gasteiger partial charge < -0.3 is 10.1 Å². The number of hydrogen-bond donors (Lipinski definition) is 1. The van der Waals surface area contributed by atoms with Gasteiger partial charge in [0, 0.05) is 31.0 Å². The number of aryl methyl sites for hydroxylation is 2. The molecule has 2 aromatic rings. The van der Waals surface area contributed by atoms with Crippen LogP contribution in [-0.4, -0.2) is 42.6 Å². The van der Waals surface area contributed by atoms with Crippen molar-refractivity contribution >= 4 is 0 Å². The molecule has 3 rings (SSSR count). The number of tetrazole rings is 1. The fourth-order valence-electron chi connectivity index (χ4n) is 3.24. The summed E-state index contributed by atoms with van der Waals surface area (Å²) < 4.78 is 9.76. The van der Waals surface area contributed by atoms with Crippen molar-refractivity contribution < 1.29 is 4.74 Å². The molecule has 1 aliphatic rings. The van der Waals surface area contributed by atoms with E-state index in [1.165, 1.54) is 5.56 Å². The van der Waals surface area contributed by atoms with Gasteiger partial charge >= 0.3 is 0 Å². The summed E-state index contributed by atoms with van der Waals surface area (Å²) >= 11 is 0. The third-order valence-electron chi connectivity index (χ3n) is 4.51. The van der Waals surface area contributed by atoms with Crippen molar-refractivity contribution in [3.8, 4) is 0 Å². The second-order valence-electron chi connectivity index (χ2n) is 6.41. The monoisotopic (exact) mass is 319 g/mol. The van der Waals surface area contributed by atoms with E-state index in [9.17, 15) is 0 Å². The number of nitrogens with zero attached hydrogens (tertiary/aromatic N) is 6. The molecule has 0 bridgehead atoms. The molecular weight excluding hydrogens is 294 g/mol. The molecular formula is C15H25N7O. The molecule has 0 aliphatic carbocycles. The summed E-state index contributed by atoms with van der Waals surface area (Å²) in [4.78, 5) is 0. The van der Waals surface area contributed by atoms with Crippen LogP contribution in [0.25, 0.3) is 0 Å². The Labute approximate surface area is 136 Å². The molecule has 0 radical (unpaired) electrons. The lowest BCUT2D eigenvalue weighted by molar-refractivity contribution is 0.0972. The van der Waals surface area contributed by atoms with Crippen LogP contribution in [0.15, 0.2) is 0 Å². The quantitative estimate of drug-likeness (QED) is 0.892. The Morgan fingerprint density at radius 2 is 2.13 bits per heavy atom. The normalized spacial score (nSPS) is 21.5. The first-order valence-electron chi connectivity index (χ1n) is 8.10. The van der Waals surface area contributed by atoms with Gasteiger partial charge in [0.15, 0.2) is 5.82 Å². The number of nitrogens with one attached hydrogen (secondary N) is 1. The highest BCUT2D eigenvalue weighted by molar-refractivity contribution is 5.29. The Morgan fingerprint density at radius 1 is 1.35 bits per heavy atom. The second-order valence-corrected chi connectivity index (χ2v) is 6.41. The van der Waals surface area contributed by atoms with Gasteiger partial charge in [-0.15, -0.1) is 5.10 Å². The number of rotatable bonds is 5. The van der Waals surface area contributed by atoms with Crippen molar-refractivity contribution in [3.63, 3.8) is 0 Å². The molecule has 1 fully saturated rings. The lowest BCUT2D eigenvalue weighted by Crippen LogP contribution is -2.33. The third-order valence-corrected chi connectivity index (χ3v) is 4.51. The average molecular weight is 319 g/mol. The predicted molar refractivity (Wildman–Crippen MR) is 84.8 cm³/mol. The fraction of sp³-hybridized carbons (Fsp3) is 0.733. The summed E-state index contributed by atoms with van der Waals surface area (Å²) in [5.41, 5.74) is 3.40. The molecule has 2 atom stereocenters. The first kappa shape index (κ1) is 16.1. The van der Waals surface area contributed by atoms with Crippen molar-refractivity contribution in [1.82, 2.24) is 35.3 Å². The Hall–Kier alpha value is -1.80. The van der Waals surface area contributed by atoms with E-state index in [-0.39, 0.29) is 18.2 Å². The molecule has 3 heterocycles. The first-order chi connectivity index (χ1) is 11.0. The van der Waals surface area contributed by atoms with Gasteiger partial charge in [-0.3, -0.25) is 4.68 Å². The molecule has 8 heteroatoms. The van der Waals surface area contributed by atoms with Crippen molar-refractivity contribution in [1.29, 1.82) is 0 Å². The Morgan fingerprint density at radius 3 is 2.78 bits per heavy atom. The van der Waals surface area contributed by atoms with Crippen LogP contribution < -0.4 is 5.32 Å². The van der Waals surface area contributed by atoms with Gasteiger partial charge in [0.2, 0.25) is 0 Å². The highest BCUT2D eigenvalue weighted by atomic mass is 16.5. The molecule has 0 saturated carbocycles. The molecule has 0 unspecified atom stereocenters. The maximum absolute atomic E-state index is 6.00. The molecule has 8 nitrogen and oxygen atoms in total. The van der Waals surface area contributed by atoms with Gasteiger partial charge in [-0.2, -0.15) is 5.10 Å². The summed E-state index contributed by atoms with van der Waals surface area (Å²) in [6.45, 7) is 9.67. The number of ether oxygens (including phenoxy) is 1. The van der Waals surface area contributed by atoms with Gasteiger partial charge in [-0.05, 0) is 44.5 Å². The standard InChI is InChI=1S/C15H25N7O/c1-9(2)22-13(17-19-20-22)8-16-12-6-7-23-15(12)14-10(3)18-21(5)11(14)4/h9,12,15-16H,6-8H2,1-5H3/t12-,15-/m0/s1. The zero-order valence-electron chi connectivity index (χ0n) is 14.4. The van der Waals surface area contributed by atoms with E-state index in [4.69, 9.17) is 4.74 Å². The van der Waals surface area contributed by atoms with Crippen LogP contribution >= 0.6 is 0 Å². The van der Waals surface area contributed by atoms with E-state index in [1.807, 2.05) is 23.3 Å². The van der Waals surface area contributed by atoms with Crippen LogP contribution in [0.1, 0.15) is 55.2 Å². The third kappa shape index (κ3) is 3.00. The molecule has 1 N–H and O–H groups in total. The Kier molecular flexibility index (Phi) is 4.45. The van der Waals surface area contributed by atoms with E-state index < -0.39 is 0 Å². The molecule has 1 aliphatic heterocycles. The predicted octanol–water partition coefficient (Wildman–Crippen LogP) is 1.22. The minimum Gasteiger partial charge on any atom is -0.372 e. The second kappa shape index (κ2) is 6.37. The summed E-state index contributed by atoms with van der Waals surface area (Å²) in [5.74, 6) is 0.852. The Bertz CT molecular complexity index is 675. The minimum atomic E-state index is 0.0343. The number of aromatic nitrogens is 6. The van der Waals surface area contributed by atoms with Gasteiger partial charge in [0.25, 0.3) is 0 Å². The zero-order chi connectivity index (χ0) is 16.6. The largest absolute Gasteiger partial charge is 0.372 e. The maximum Gasteiger partial charge on any atom is 0.165 e. The van der Waals surface area contributed by atoms with E-state index in [2.05, 4.69) is 46.7 Å². The highest BCUT2D eigenvalue weighted by Gasteiger charge is 2.33. The van der Waals surface area contributed by atoms with E-state index >= 15 is 0 Å². The summed E-state index contributed by atoms with van der Waals surface area (Å²) in [5, 5.41) is 20.0. The molecule has 0 spiro atoms. The lowest BCUT2D eigenvalue weighted by Gasteiger charge is -2.20. The van der Waals surface area contributed by atoms with Gasteiger partial charge in [-0.25, -0.2) is 4.68 Å². The summed E-state index contributed by atoms with van der Waals surface area (Å²) in [7, 11) is 1.97. The lowest BCUT2D eigenvalue weighted by atomic mass is 10.0. The van der Waals surface area contributed by atoms with Gasteiger partial charge in [0.05, 0.1) is 18.3 Å². The maximum atomic E-state index is 6.00. The van der Waals surface area contributed by atoms with Crippen molar-refractivity contribution in [2.75, 3.05) is 6.61 Å². The van der Waals surface area contributed by atoms with Crippen molar-refractivity contribution in [2.24, 2.45) is 7.05 Å². The summed E-state index contributed by atoms with van der Waals surface area (Å²) in [6.07, 6.45) is 1.01. The molecule has 2 aromatic heterocycles. The SMILES string of the molecule is Cc1nn(C)c(C)c1[C@H]1OCC[C@@H]1NCc1nnnn1C(C)C. The average Bonchev–Trinajstić information content (AvgIpc) is 3.18. The topological polar surface area (TPSA) is 82.7 Å². The van der Waals surface area contributed by atoms with Crippen molar-refractivity contribution in [2.45, 2.75) is 58.8 Å². The zero-order valence-corrected chi connectivity index (χ0v) is 14.4. The van der Waals surface area contributed by atoms with Crippen LogP contribution in [0, 0.1) is 13.8 Å². The van der Waals surface area contributed by atoms with Crippen LogP contribution in [0.3, 0.4) is 0 Å². The fourth-order valence-corrected chi connectivity index (χ4v) is 3.24. The van der Waals surface area contributed by atoms with E-state index in [0.29, 0.717) is 6.54 Å². The van der Waals surface area contributed by atoms with E-state index in [0.717, 1.165) is 30.2 Å². The molecule has 1 saturated heterocycles. The van der Waals surface area contributed by atoms with Crippen molar-refractivity contribution in [3.05, 3.63) is 22.8 Å². The van der Waals surface area contributed by atoms with Crippen LogP contribution in [-0.2, 0) is 18.3 Å². The van der Waals surface area contributed by atoms with Gasteiger partial charge in [0.1, 0.15) is 6.10 Å². The molecule has 126 valence electrons. The van der Waals surface area contributed by atoms with E-state index in [1.54, 1.807) is 0 Å². The van der Waals surface area contributed by atoms with Crippen LogP contribution in [0.4, 0.5) is 0 Å². The molecule has 0 amide bonds. The smallest absolute Gasteiger partial charge is 0.165 e. The minimum absolute atomic E-state index is 0.0343. The molecule has 23 heavy (non-hydrogen) atoms. The van der Waals surface area contributed by atoms with Crippen LogP contribution in [0.5, 0.6) is 0 Å². The number of hydrogen-bond acceptors (Lipinski definition) is 6. The first-order valence-corrected chi connectivity index (χ1v) is 8.10. The molecule has 0 aromatic carbocycles.